The van der Waals surface area contributed by atoms with E-state index in [1.54, 1.807) is 13.8 Å². The van der Waals surface area contributed by atoms with Crippen molar-refractivity contribution in [3.63, 3.8) is 0 Å². The monoisotopic (exact) mass is 360 g/mol. The van der Waals surface area contributed by atoms with Crippen LogP contribution in [0.2, 0.25) is 0 Å². The van der Waals surface area contributed by atoms with E-state index in [0.29, 0.717) is 4.24 Å². The first-order valence-corrected chi connectivity index (χ1v) is 8.94. The Labute approximate surface area is 138 Å². The van der Waals surface area contributed by atoms with Gasteiger partial charge < -0.3 is 9.84 Å². The molecular weight excluding hydrogens is 348 g/mol. The second-order valence-corrected chi connectivity index (χ2v) is 7.77. The highest BCUT2D eigenvalue weighted by Crippen LogP contribution is 2.45. The summed E-state index contributed by atoms with van der Waals surface area (Å²) >= 11 is 3.75. The first-order chi connectivity index (χ1) is 10.4. The Hall–Kier alpha value is -1.52. The van der Waals surface area contributed by atoms with Crippen LogP contribution in [0.25, 0.3) is 0 Å². The maximum Gasteiger partial charge on any atom is 0.355 e. The Kier molecular flexibility index (Phi) is 5.48. The highest BCUT2D eigenvalue weighted by atomic mass is 32.3. The summed E-state index contributed by atoms with van der Waals surface area (Å²) in [5.41, 5.74) is -0.228. The van der Waals surface area contributed by atoms with E-state index in [1.165, 1.54) is 28.9 Å². The zero-order chi connectivity index (χ0) is 16.3. The summed E-state index contributed by atoms with van der Waals surface area (Å²) in [5, 5.41) is 13.4. The number of thiazole rings is 1. The third-order valence-electron chi connectivity index (χ3n) is 2.30. The van der Waals surface area contributed by atoms with Gasteiger partial charge in [0.15, 0.2) is 10.8 Å². The molecule has 118 valence electrons. The predicted molar refractivity (Wildman–Crippen MR) is 86.0 cm³/mol. The van der Waals surface area contributed by atoms with Crippen molar-refractivity contribution in [3.05, 3.63) is 20.9 Å². The maximum absolute atomic E-state index is 12.3. The van der Waals surface area contributed by atoms with Gasteiger partial charge in [-0.25, -0.2) is 14.6 Å². The lowest BCUT2D eigenvalue weighted by atomic mass is 10.3. The van der Waals surface area contributed by atoms with Crippen molar-refractivity contribution in [1.29, 1.82) is 0 Å². The number of esters is 1. The third kappa shape index (κ3) is 4.02. The molecule has 2 heterocycles. The van der Waals surface area contributed by atoms with Crippen LogP contribution in [-0.2, 0) is 14.3 Å². The molecule has 0 spiro atoms. The lowest BCUT2D eigenvalue weighted by Crippen LogP contribution is -2.26. The number of anilines is 1. The van der Waals surface area contributed by atoms with Gasteiger partial charge in [0, 0.05) is 10.5 Å². The fraction of sp³-hybridized carbons (Fsp3) is 0.333. The van der Waals surface area contributed by atoms with Crippen LogP contribution in [-0.4, -0.2) is 39.1 Å². The van der Waals surface area contributed by atoms with E-state index in [1.807, 2.05) is 0 Å². The van der Waals surface area contributed by atoms with Gasteiger partial charge in [-0.1, -0.05) is 0 Å². The largest absolute Gasteiger partial charge is 0.476 e. The van der Waals surface area contributed by atoms with E-state index >= 15 is 0 Å². The minimum absolute atomic E-state index is 0.0676. The molecule has 0 saturated carbocycles. The number of aromatic nitrogens is 1. The van der Waals surface area contributed by atoms with Crippen molar-refractivity contribution in [2.45, 2.75) is 20.0 Å². The number of amides is 1. The van der Waals surface area contributed by atoms with Crippen molar-refractivity contribution >= 4 is 57.8 Å². The average molecular weight is 360 g/mol. The first kappa shape index (κ1) is 16.8. The summed E-state index contributed by atoms with van der Waals surface area (Å²) in [4.78, 5) is 38.8. The van der Waals surface area contributed by atoms with Gasteiger partial charge >= 0.3 is 11.9 Å². The summed E-state index contributed by atoms with van der Waals surface area (Å²) in [6.07, 6.45) is -0.343. The number of thioether (sulfide) groups is 2. The number of aromatic carboxylic acids is 1. The van der Waals surface area contributed by atoms with E-state index in [9.17, 15) is 14.4 Å². The van der Waals surface area contributed by atoms with Crippen molar-refractivity contribution in [2.24, 2.45) is 0 Å². The molecule has 0 bridgehead atoms. The number of carboxylic acids is 1. The van der Waals surface area contributed by atoms with Crippen LogP contribution in [0.5, 0.6) is 0 Å². The summed E-state index contributed by atoms with van der Waals surface area (Å²) in [7, 11) is 0. The van der Waals surface area contributed by atoms with Crippen LogP contribution in [0.4, 0.5) is 5.13 Å². The van der Waals surface area contributed by atoms with E-state index in [-0.39, 0.29) is 22.5 Å². The second-order valence-electron chi connectivity index (χ2n) is 4.32. The molecule has 1 aromatic rings. The van der Waals surface area contributed by atoms with Gasteiger partial charge in [0.2, 0.25) is 0 Å². The molecule has 7 nitrogen and oxygen atoms in total. The normalized spacial score (nSPS) is 13.5. The first-order valence-electron chi connectivity index (χ1n) is 6.09. The molecule has 0 aliphatic carbocycles. The molecular formula is C12H12N2O5S3. The van der Waals surface area contributed by atoms with Crippen molar-refractivity contribution in [3.8, 4) is 0 Å². The van der Waals surface area contributed by atoms with Gasteiger partial charge in [-0.2, -0.15) is 0 Å². The quantitative estimate of drug-likeness (QED) is 0.357. The zero-order valence-electron chi connectivity index (χ0n) is 11.6. The summed E-state index contributed by atoms with van der Waals surface area (Å²) in [6.45, 7) is 3.39. The van der Waals surface area contributed by atoms with Crippen LogP contribution in [0.1, 0.15) is 24.3 Å². The second kappa shape index (κ2) is 7.16. The summed E-state index contributed by atoms with van der Waals surface area (Å²) in [5.74, 6) is -2.52. The Balaban J connectivity index is 2.16. The van der Waals surface area contributed by atoms with Gasteiger partial charge in [0.1, 0.15) is 5.57 Å². The summed E-state index contributed by atoms with van der Waals surface area (Å²) < 4.78 is 5.67. The number of ether oxygens (including phenoxy) is 1. The number of carbonyl (C=O) groups excluding carboxylic acids is 2. The molecule has 2 rings (SSSR count). The topological polar surface area (TPSA) is 106 Å². The van der Waals surface area contributed by atoms with Crippen LogP contribution in [0.15, 0.2) is 15.2 Å². The number of carbonyl (C=O) groups is 3. The van der Waals surface area contributed by atoms with Crippen molar-refractivity contribution in [2.75, 3.05) is 10.4 Å². The van der Waals surface area contributed by atoms with Gasteiger partial charge in [0.05, 0.1) is 10.3 Å². The number of hydrogen-bond acceptors (Lipinski definition) is 8. The zero-order valence-corrected chi connectivity index (χ0v) is 14.1. The molecule has 1 aliphatic heterocycles. The third-order valence-corrected chi connectivity index (χ3v) is 5.64. The fourth-order valence-electron chi connectivity index (χ4n) is 1.39. The highest BCUT2D eigenvalue weighted by molar-refractivity contribution is 8.37. The van der Waals surface area contributed by atoms with Gasteiger partial charge in [-0.15, -0.1) is 34.9 Å². The average Bonchev–Trinajstić information content (AvgIpc) is 2.80. The van der Waals surface area contributed by atoms with Gasteiger partial charge in [-0.3, -0.25) is 10.1 Å². The molecule has 2 N–H and O–H groups in total. The molecule has 0 aromatic carbocycles. The molecule has 10 heteroatoms. The van der Waals surface area contributed by atoms with Gasteiger partial charge in [0.25, 0.3) is 5.91 Å². The predicted octanol–water partition coefficient (Wildman–Crippen LogP) is 2.38. The lowest BCUT2D eigenvalue weighted by molar-refractivity contribution is -0.143. The van der Waals surface area contributed by atoms with Crippen molar-refractivity contribution < 1.29 is 24.2 Å². The molecule has 1 fully saturated rings. The number of hydrogen-bond donors (Lipinski definition) is 2. The molecule has 0 radical (unpaired) electrons. The van der Waals surface area contributed by atoms with Crippen LogP contribution >= 0.6 is 34.9 Å². The SMILES string of the molecule is CC(C)OC(=O)C(C(=O)Nc1nc(C(=O)O)cs1)=C1SCS1. The Bertz CT molecular complexity index is 647. The van der Waals surface area contributed by atoms with Crippen LogP contribution in [0, 0.1) is 0 Å². The number of carboxylic acid groups (broad SMARTS) is 1. The minimum atomic E-state index is -1.18. The minimum Gasteiger partial charge on any atom is -0.476 e. The van der Waals surface area contributed by atoms with E-state index in [2.05, 4.69) is 10.3 Å². The van der Waals surface area contributed by atoms with Crippen LogP contribution in [0.3, 0.4) is 0 Å². The summed E-state index contributed by atoms with van der Waals surface area (Å²) in [6, 6.07) is 0. The molecule has 0 unspecified atom stereocenters. The molecule has 1 aromatic heterocycles. The van der Waals surface area contributed by atoms with Crippen molar-refractivity contribution in [1.82, 2.24) is 4.98 Å². The van der Waals surface area contributed by atoms with E-state index in [4.69, 9.17) is 9.84 Å². The Morgan fingerprint density at radius 3 is 2.50 bits per heavy atom. The fourth-order valence-corrected chi connectivity index (χ4v) is 3.66. The Morgan fingerprint density at radius 2 is 2.05 bits per heavy atom. The molecule has 0 atom stereocenters. The number of nitrogens with one attached hydrogen (secondary N) is 1. The molecule has 1 aliphatic rings. The molecule has 1 saturated heterocycles. The van der Waals surface area contributed by atoms with Gasteiger partial charge in [-0.05, 0) is 13.8 Å². The van der Waals surface area contributed by atoms with Crippen LogP contribution < -0.4 is 5.32 Å². The molecule has 22 heavy (non-hydrogen) atoms. The lowest BCUT2D eigenvalue weighted by Gasteiger charge is -2.19. The Morgan fingerprint density at radius 1 is 1.36 bits per heavy atom. The standard InChI is InChI=1S/C12H12N2O5S3/c1-5(2)19-10(18)7(11-21-4-22-11)8(15)14-12-13-6(3-20-12)9(16)17/h3,5H,4H2,1-2H3,(H,16,17)(H,13,14,15). The highest BCUT2D eigenvalue weighted by Gasteiger charge is 2.30. The number of nitrogens with zero attached hydrogens (tertiary/aromatic N) is 1. The maximum atomic E-state index is 12.3. The number of rotatable bonds is 5. The van der Waals surface area contributed by atoms with E-state index < -0.39 is 17.8 Å². The van der Waals surface area contributed by atoms with E-state index in [0.717, 1.165) is 16.4 Å². The molecule has 1 amide bonds. The smallest absolute Gasteiger partial charge is 0.355 e.